The van der Waals surface area contributed by atoms with Gasteiger partial charge in [-0.25, -0.2) is 4.79 Å². The van der Waals surface area contributed by atoms with Gasteiger partial charge in [0, 0.05) is 19.8 Å². The number of nitrogens with zero attached hydrogens (tertiary/aromatic N) is 2. The molecule has 1 aliphatic carbocycles. The summed E-state index contributed by atoms with van der Waals surface area (Å²) in [6.45, 7) is 1.97. The van der Waals surface area contributed by atoms with E-state index in [0.717, 1.165) is 18.4 Å². The summed E-state index contributed by atoms with van der Waals surface area (Å²) in [5.74, 6) is -0.317. The molecule has 1 heterocycles. The van der Waals surface area contributed by atoms with Crippen LogP contribution in [-0.2, 0) is 15.1 Å². The second kappa shape index (κ2) is 11.1. The molecule has 8 nitrogen and oxygen atoms in total. The Kier molecular flexibility index (Phi) is 8.39. The number of carboxylic acids is 1. The van der Waals surface area contributed by atoms with Crippen LogP contribution in [-0.4, -0.2) is 60.8 Å². The van der Waals surface area contributed by atoms with Gasteiger partial charge >= 0.3 is 5.97 Å². The van der Waals surface area contributed by atoms with Gasteiger partial charge in [-0.3, -0.25) is 9.69 Å². The van der Waals surface area contributed by atoms with E-state index in [1.54, 1.807) is 48.5 Å². The Morgan fingerprint density at radius 1 is 1.09 bits per heavy atom. The maximum absolute atomic E-state index is 13.7. The first-order chi connectivity index (χ1) is 16.4. The molecule has 2 aliphatic rings. The quantitative estimate of drug-likeness (QED) is 0.544. The lowest BCUT2D eigenvalue weighted by Crippen LogP contribution is -2.62. The molecule has 1 amide bonds. The maximum atomic E-state index is 13.7. The molecule has 2 aromatic rings. The Morgan fingerprint density at radius 2 is 1.71 bits per heavy atom. The SMILES string of the molecule is CN(CCOc1ccc(C#N)cc1)C1(C(=O)NC2(c3ccc(C(=O)O)cc3)CC2)CCOCC1.Cl. The summed E-state index contributed by atoms with van der Waals surface area (Å²) in [4.78, 5) is 26.9. The van der Waals surface area contributed by atoms with Crippen molar-refractivity contribution in [1.29, 1.82) is 5.26 Å². The van der Waals surface area contributed by atoms with Gasteiger partial charge in [0.25, 0.3) is 0 Å². The number of amides is 1. The second-order valence-electron chi connectivity index (χ2n) is 8.97. The molecule has 0 unspecified atom stereocenters. The van der Waals surface area contributed by atoms with E-state index in [9.17, 15) is 9.59 Å². The smallest absolute Gasteiger partial charge is 0.335 e. The summed E-state index contributed by atoms with van der Waals surface area (Å²) in [6.07, 6.45) is 2.81. The third-order valence-corrected chi connectivity index (χ3v) is 6.94. The van der Waals surface area contributed by atoms with Crippen LogP contribution in [0.4, 0.5) is 0 Å². The molecule has 1 saturated carbocycles. The number of aromatic carboxylic acids is 1. The van der Waals surface area contributed by atoms with Gasteiger partial charge in [-0.1, -0.05) is 12.1 Å². The van der Waals surface area contributed by atoms with Crippen LogP contribution in [0.5, 0.6) is 5.75 Å². The zero-order chi connectivity index (χ0) is 24.2. The molecule has 9 heteroatoms. The van der Waals surface area contributed by atoms with Gasteiger partial charge in [-0.15, -0.1) is 12.4 Å². The lowest BCUT2D eigenvalue weighted by atomic mass is 9.86. The summed E-state index contributed by atoms with van der Waals surface area (Å²) >= 11 is 0. The Hall–Kier alpha value is -3.12. The number of hydrogen-bond donors (Lipinski definition) is 2. The summed E-state index contributed by atoms with van der Waals surface area (Å²) in [5, 5.41) is 21.4. The first kappa shape index (κ1) is 26.5. The highest BCUT2D eigenvalue weighted by Gasteiger charge is 2.51. The number of halogens is 1. The highest BCUT2D eigenvalue weighted by molar-refractivity contribution is 5.88. The third-order valence-electron chi connectivity index (χ3n) is 6.94. The molecule has 0 aromatic heterocycles. The summed E-state index contributed by atoms with van der Waals surface area (Å²) in [5.41, 5.74) is 0.588. The third kappa shape index (κ3) is 5.76. The molecule has 35 heavy (non-hydrogen) atoms. The van der Waals surface area contributed by atoms with E-state index in [0.29, 0.717) is 50.5 Å². The molecule has 0 spiro atoms. The number of likely N-dealkylation sites (N-methyl/N-ethyl adjacent to an activating group) is 1. The average molecular weight is 500 g/mol. The first-order valence-electron chi connectivity index (χ1n) is 11.5. The Morgan fingerprint density at radius 3 is 2.26 bits per heavy atom. The number of rotatable bonds is 9. The fourth-order valence-corrected chi connectivity index (χ4v) is 4.51. The number of hydrogen-bond acceptors (Lipinski definition) is 6. The van der Waals surface area contributed by atoms with E-state index in [1.165, 1.54) is 0 Å². The number of carbonyl (C=O) groups is 2. The molecule has 2 fully saturated rings. The highest BCUT2D eigenvalue weighted by atomic mass is 35.5. The predicted molar refractivity (Wildman–Crippen MR) is 132 cm³/mol. The fraction of sp³-hybridized carbons (Fsp3) is 0.423. The van der Waals surface area contributed by atoms with Gasteiger partial charge < -0.3 is 19.9 Å². The summed E-state index contributed by atoms with van der Waals surface area (Å²) in [6, 6.07) is 15.8. The van der Waals surface area contributed by atoms with Crippen LogP contribution in [0.2, 0.25) is 0 Å². The fourth-order valence-electron chi connectivity index (χ4n) is 4.51. The van der Waals surface area contributed by atoms with E-state index >= 15 is 0 Å². The Balaban J connectivity index is 0.00000342. The molecular weight excluding hydrogens is 470 g/mol. The van der Waals surface area contributed by atoms with E-state index in [4.69, 9.17) is 19.8 Å². The van der Waals surface area contributed by atoms with Gasteiger partial charge in [-0.2, -0.15) is 5.26 Å². The van der Waals surface area contributed by atoms with Crippen molar-refractivity contribution >= 4 is 24.3 Å². The number of nitrogens with one attached hydrogen (secondary N) is 1. The van der Waals surface area contributed by atoms with Crippen LogP contribution in [0.25, 0.3) is 0 Å². The van der Waals surface area contributed by atoms with Gasteiger partial charge in [0.15, 0.2) is 0 Å². The average Bonchev–Trinajstić information content (AvgIpc) is 3.65. The van der Waals surface area contributed by atoms with Crippen LogP contribution >= 0.6 is 12.4 Å². The number of carbonyl (C=O) groups excluding carboxylic acids is 1. The summed E-state index contributed by atoms with van der Waals surface area (Å²) < 4.78 is 11.4. The largest absolute Gasteiger partial charge is 0.492 e. The summed E-state index contributed by atoms with van der Waals surface area (Å²) in [7, 11) is 1.94. The van der Waals surface area contributed by atoms with E-state index in [2.05, 4.69) is 16.3 Å². The van der Waals surface area contributed by atoms with Gasteiger partial charge in [0.05, 0.1) is 22.7 Å². The van der Waals surface area contributed by atoms with Crippen LogP contribution in [0.15, 0.2) is 48.5 Å². The number of ether oxygens (including phenoxy) is 2. The van der Waals surface area contributed by atoms with Crippen molar-refractivity contribution < 1.29 is 24.2 Å². The van der Waals surface area contributed by atoms with E-state index in [-0.39, 0.29) is 23.9 Å². The van der Waals surface area contributed by atoms with Crippen molar-refractivity contribution in [2.45, 2.75) is 36.8 Å². The van der Waals surface area contributed by atoms with Crippen molar-refractivity contribution in [3.63, 3.8) is 0 Å². The monoisotopic (exact) mass is 499 g/mol. The normalized spacial score (nSPS) is 17.5. The number of benzene rings is 2. The molecule has 186 valence electrons. The minimum atomic E-state index is -0.966. The van der Waals surface area contributed by atoms with Crippen LogP contribution < -0.4 is 10.1 Å². The molecule has 0 radical (unpaired) electrons. The van der Waals surface area contributed by atoms with Crippen molar-refractivity contribution in [3.8, 4) is 11.8 Å². The number of nitriles is 1. The molecular formula is C26H30ClN3O5. The molecule has 4 rings (SSSR count). The van der Waals surface area contributed by atoms with Crippen LogP contribution in [0.1, 0.15) is 47.2 Å². The van der Waals surface area contributed by atoms with Crippen molar-refractivity contribution in [3.05, 3.63) is 65.2 Å². The molecule has 0 bridgehead atoms. The molecule has 2 N–H and O–H groups in total. The van der Waals surface area contributed by atoms with Crippen molar-refractivity contribution in [2.24, 2.45) is 0 Å². The first-order valence-corrected chi connectivity index (χ1v) is 11.5. The topological polar surface area (TPSA) is 112 Å². The Bertz CT molecular complexity index is 1070. The standard InChI is InChI=1S/C26H29N3O5.ClH/c1-29(14-17-34-22-8-2-19(18-27)3-9-22)26(12-15-33-16-13-26)24(32)28-25(10-11-25)21-6-4-20(5-7-21)23(30)31;/h2-9H,10-17H2,1H3,(H,28,32)(H,30,31);1H. The lowest BCUT2D eigenvalue weighted by molar-refractivity contribution is -0.140. The zero-order valence-corrected chi connectivity index (χ0v) is 20.5. The maximum Gasteiger partial charge on any atom is 0.335 e. The van der Waals surface area contributed by atoms with Gasteiger partial charge in [0.1, 0.15) is 17.9 Å². The van der Waals surface area contributed by atoms with E-state index < -0.39 is 17.0 Å². The second-order valence-corrected chi connectivity index (χ2v) is 8.97. The minimum Gasteiger partial charge on any atom is -0.492 e. The van der Waals surface area contributed by atoms with Crippen molar-refractivity contribution in [2.75, 3.05) is 33.4 Å². The van der Waals surface area contributed by atoms with Gasteiger partial charge in [-0.05, 0) is 74.7 Å². The van der Waals surface area contributed by atoms with Crippen LogP contribution in [0, 0.1) is 11.3 Å². The molecule has 2 aromatic carbocycles. The predicted octanol–water partition coefficient (Wildman–Crippen LogP) is 3.34. The Labute approximate surface area is 211 Å². The van der Waals surface area contributed by atoms with E-state index in [1.807, 2.05) is 7.05 Å². The van der Waals surface area contributed by atoms with Gasteiger partial charge in [0.2, 0.25) is 5.91 Å². The minimum absolute atomic E-state index is 0. The molecule has 1 aliphatic heterocycles. The van der Waals surface area contributed by atoms with Crippen LogP contribution in [0.3, 0.4) is 0 Å². The van der Waals surface area contributed by atoms with Crippen molar-refractivity contribution in [1.82, 2.24) is 10.2 Å². The number of carboxylic acid groups (broad SMARTS) is 1. The molecule has 1 saturated heterocycles. The zero-order valence-electron chi connectivity index (χ0n) is 19.7. The lowest BCUT2D eigenvalue weighted by Gasteiger charge is -2.43. The highest BCUT2D eigenvalue weighted by Crippen LogP contribution is 2.46. The molecule has 0 atom stereocenters.